The zero-order valence-corrected chi connectivity index (χ0v) is 11.9. The predicted octanol–water partition coefficient (Wildman–Crippen LogP) is 3.29. The Kier molecular flexibility index (Phi) is 3.83. The van der Waals surface area contributed by atoms with Gasteiger partial charge in [-0.2, -0.15) is 0 Å². The lowest BCUT2D eigenvalue weighted by atomic mass is 10.3. The molecule has 0 unspecified atom stereocenters. The molecule has 0 fully saturated rings. The number of hydrogen-bond donors (Lipinski definition) is 1. The largest absolute Gasteiger partial charge is 0.494 e. The van der Waals surface area contributed by atoms with Crippen molar-refractivity contribution >= 4 is 22.9 Å². The van der Waals surface area contributed by atoms with Gasteiger partial charge in [0.05, 0.1) is 12.9 Å². The standard InChI is InChI=1S/C14H14N4OS/c1-2-7-19-10-3-5-11(6-4-10)20-14-12-13(16-8-15-12)17-9-18-14/h3-6,8-9H,2,7H2,1H3,(H,15,16,17,18). The van der Waals surface area contributed by atoms with Gasteiger partial charge in [-0.15, -0.1) is 0 Å². The Morgan fingerprint density at radius 3 is 2.80 bits per heavy atom. The summed E-state index contributed by atoms with van der Waals surface area (Å²) in [6.07, 6.45) is 4.17. The lowest BCUT2D eigenvalue weighted by Gasteiger charge is -2.05. The van der Waals surface area contributed by atoms with Crippen molar-refractivity contribution in [2.24, 2.45) is 0 Å². The van der Waals surface area contributed by atoms with Crippen molar-refractivity contribution in [3.63, 3.8) is 0 Å². The maximum Gasteiger partial charge on any atom is 0.181 e. The van der Waals surface area contributed by atoms with Crippen LogP contribution in [0.25, 0.3) is 11.2 Å². The van der Waals surface area contributed by atoms with Crippen LogP contribution >= 0.6 is 11.8 Å². The molecule has 2 heterocycles. The SMILES string of the molecule is CCCOc1ccc(Sc2ncnc3nc[nH]c23)cc1. The first-order valence-corrected chi connectivity index (χ1v) is 7.23. The second-order valence-electron chi connectivity index (χ2n) is 4.20. The van der Waals surface area contributed by atoms with Crippen LogP contribution in [0.4, 0.5) is 0 Å². The fraction of sp³-hybridized carbons (Fsp3) is 0.214. The third-order valence-corrected chi connectivity index (χ3v) is 3.71. The van der Waals surface area contributed by atoms with E-state index in [0.717, 1.165) is 34.2 Å². The van der Waals surface area contributed by atoms with E-state index in [1.165, 1.54) is 6.33 Å². The van der Waals surface area contributed by atoms with E-state index in [2.05, 4.69) is 26.9 Å². The maximum absolute atomic E-state index is 5.57. The van der Waals surface area contributed by atoms with Crippen molar-refractivity contribution < 1.29 is 4.74 Å². The Morgan fingerprint density at radius 2 is 2.00 bits per heavy atom. The first-order valence-electron chi connectivity index (χ1n) is 6.41. The second-order valence-corrected chi connectivity index (χ2v) is 5.26. The number of nitrogens with zero attached hydrogens (tertiary/aromatic N) is 3. The van der Waals surface area contributed by atoms with Gasteiger partial charge in [0.15, 0.2) is 5.65 Å². The number of aromatic nitrogens is 4. The van der Waals surface area contributed by atoms with Gasteiger partial charge in [-0.3, -0.25) is 0 Å². The first-order chi connectivity index (χ1) is 9.86. The Morgan fingerprint density at radius 1 is 1.15 bits per heavy atom. The van der Waals surface area contributed by atoms with Crippen molar-refractivity contribution in [1.82, 2.24) is 19.9 Å². The molecule has 0 radical (unpaired) electrons. The molecule has 0 spiro atoms. The van der Waals surface area contributed by atoms with E-state index in [1.54, 1.807) is 18.1 Å². The van der Waals surface area contributed by atoms with E-state index in [9.17, 15) is 0 Å². The van der Waals surface area contributed by atoms with Crippen LogP contribution in [-0.2, 0) is 0 Å². The zero-order chi connectivity index (χ0) is 13.8. The van der Waals surface area contributed by atoms with Crippen LogP contribution in [0.2, 0.25) is 0 Å². The monoisotopic (exact) mass is 286 g/mol. The smallest absolute Gasteiger partial charge is 0.181 e. The van der Waals surface area contributed by atoms with Crippen LogP contribution in [-0.4, -0.2) is 26.5 Å². The second kappa shape index (κ2) is 5.92. The molecule has 0 amide bonds. The number of benzene rings is 1. The van der Waals surface area contributed by atoms with E-state index in [4.69, 9.17) is 4.74 Å². The van der Waals surface area contributed by atoms with Crippen molar-refractivity contribution in [2.75, 3.05) is 6.61 Å². The molecule has 0 saturated carbocycles. The fourth-order valence-electron chi connectivity index (χ4n) is 1.76. The Balaban J connectivity index is 1.79. The Hall–Kier alpha value is -2.08. The number of fused-ring (bicyclic) bond motifs is 1. The average molecular weight is 286 g/mol. The molecule has 1 N–H and O–H groups in total. The van der Waals surface area contributed by atoms with E-state index >= 15 is 0 Å². The van der Waals surface area contributed by atoms with Crippen molar-refractivity contribution in [1.29, 1.82) is 0 Å². The minimum absolute atomic E-state index is 0.686. The molecular weight excluding hydrogens is 272 g/mol. The van der Waals surface area contributed by atoms with Gasteiger partial charge in [0.2, 0.25) is 0 Å². The quantitative estimate of drug-likeness (QED) is 0.729. The highest BCUT2D eigenvalue weighted by Gasteiger charge is 2.07. The molecule has 5 nitrogen and oxygen atoms in total. The molecule has 0 aliphatic carbocycles. The number of nitrogens with one attached hydrogen (secondary N) is 1. The highest BCUT2D eigenvalue weighted by Crippen LogP contribution is 2.30. The lowest BCUT2D eigenvalue weighted by Crippen LogP contribution is -1.94. The molecule has 0 atom stereocenters. The van der Waals surface area contributed by atoms with Crippen LogP contribution in [0.3, 0.4) is 0 Å². The highest BCUT2D eigenvalue weighted by molar-refractivity contribution is 7.99. The summed E-state index contributed by atoms with van der Waals surface area (Å²) < 4.78 is 5.57. The molecule has 3 rings (SSSR count). The zero-order valence-electron chi connectivity index (χ0n) is 11.0. The Bertz CT molecular complexity index is 696. The van der Waals surface area contributed by atoms with Crippen molar-refractivity contribution in [3.8, 4) is 5.75 Å². The summed E-state index contributed by atoms with van der Waals surface area (Å²) >= 11 is 1.58. The molecule has 0 aliphatic rings. The van der Waals surface area contributed by atoms with E-state index in [1.807, 2.05) is 24.3 Å². The number of hydrogen-bond acceptors (Lipinski definition) is 5. The predicted molar refractivity (Wildman–Crippen MR) is 78.0 cm³/mol. The molecule has 0 bridgehead atoms. The molecule has 1 aromatic carbocycles. The highest BCUT2D eigenvalue weighted by atomic mass is 32.2. The number of rotatable bonds is 5. The lowest BCUT2D eigenvalue weighted by molar-refractivity contribution is 0.317. The topological polar surface area (TPSA) is 63.7 Å². The maximum atomic E-state index is 5.57. The van der Waals surface area contributed by atoms with Gasteiger partial charge in [0, 0.05) is 4.90 Å². The number of aromatic amines is 1. The molecular formula is C14H14N4OS. The molecule has 20 heavy (non-hydrogen) atoms. The molecule has 0 aliphatic heterocycles. The van der Waals surface area contributed by atoms with Gasteiger partial charge in [-0.05, 0) is 30.7 Å². The number of H-pyrrole nitrogens is 1. The van der Waals surface area contributed by atoms with Crippen LogP contribution in [0.15, 0.2) is 46.8 Å². The minimum atomic E-state index is 0.686. The third kappa shape index (κ3) is 2.75. The van der Waals surface area contributed by atoms with Gasteiger partial charge in [0.1, 0.15) is 22.6 Å². The summed E-state index contributed by atoms with van der Waals surface area (Å²) in [5, 5.41) is 0.870. The van der Waals surface area contributed by atoms with Gasteiger partial charge < -0.3 is 9.72 Å². The van der Waals surface area contributed by atoms with Crippen molar-refractivity contribution in [2.45, 2.75) is 23.3 Å². The van der Waals surface area contributed by atoms with E-state index in [-0.39, 0.29) is 0 Å². The summed E-state index contributed by atoms with van der Waals surface area (Å²) in [7, 11) is 0. The molecule has 2 aromatic heterocycles. The molecule has 102 valence electrons. The third-order valence-electron chi connectivity index (χ3n) is 2.70. The summed E-state index contributed by atoms with van der Waals surface area (Å²) in [5.74, 6) is 0.894. The summed E-state index contributed by atoms with van der Waals surface area (Å²) in [5.41, 5.74) is 1.55. The summed E-state index contributed by atoms with van der Waals surface area (Å²) in [6.45, 7) is 2.84. The van der Waals surface area contributed by atoms with E-state index < -0.39 is 0 Å². The molecule has 0 saturated heterocycles. The van der Waals surface area contributed by atoms with Crippen LogP contribution in [0.5, 0.6) is 5.75 Å². The number of ether oxygens (including phenoxy) is 1. The van der Waals surface area contributed by atoms with Gasteiger partial charge in [-0.25, -0.2) is 15.0 Å². The minimum Gasteiger partial charge on any atom is -0.494 e. The normalized spacial score (nSPS) is 10.8. The van der Waals surface area contributed by atoms with Crippen molar-refractivity contribution in [3.05, 3.63) is 36.9 Å². The summed E-state index contributed by atoms with van der Waals surface area (Å²) in [6, 6.07) is 8.01. The van der Waals surface area contributed by atoms with Crippen LogP contribution in [0.1, 0.15) is 13.3 Å². The average Bonchev–Trinajstić information content (AvgIpc) is 2.96. The first kappa shape index (κ1) is 12.9. The summed E-state index contributed by atoms with van der Waals surface area (Å²) in [4.78, 5) is 16.7. The van der Waals surface area contributed by atoms with Gasteiger partial charge >= 0.3 is 0 Å². The molecule has 6 heteroatoms. The molecule has 3 aromatic rings. The van der Waals surface area contributed by atoms with Gasteiger partial charge in [-0.1, -0.05) is 18.7 Å². The number of imidazole rings is 1. The van der Waals surface area contributed by atoms with Crippen LogP contribution in [0, 0.1) is 0 Å². The van der Waals surface area contributed by atoms with E-state index in [0.29, 0.717) is 5.65 Å². The van der Waals surface area contributed by atoms with Crippen LogP contribution < -0.4 is 4.74 Å². The fourth-order valence-corrected chi connectivity index (χ4v) is 2.60. The van der Waals surface area contributed by atoms with Gasteiger partial charge in [0.25, 0.3) is 0 Å². The Labute approximate surface area is 120 Å².